The fraction of sp³-hybridized carbons (Fsp3) is 0.176. The molecule has 0 saturated heterocycles. The molecule has 0 spiro atoms. The number of hydrogen-bond acceptors (Lipinski definition) is 7. The van der Waals surface area contributed by atoms with Gasteiger partial charge in [-0.25, -0.2) is 9.37 Å². The van der Waals surface area contributed by atoms with E-state index < -0.39 is 0 Å². The van der Waals surface area contributed by atoms with Crippen LogP contribution < -0.4 is 21.7 Å². The summed E-state index contributed by atoms with van der Waals surface area (Å²) in [6, 6.07) is 6.19. The smallest absolute Gasteiger partial charge is 0.241 e. The summed E-state index contributed by atoms with van der Waals surface area (Å²) in [6.45, 7) is 0.304. The number of rotatable bonds is 8. The number of aromatic nitrogens is 2. The molecule has 0 fully saturated rings. The fourth-order valence-corrected chi connectivity index (χ4v) is 2.09. The maximum atomic E-state index is 13.2. The minimum absolute atomic E-state index is 0.0303. The minimum atomic E-state index is -0.320. The Morgan fingerprint density at radius 3 is 2.96 bits per heavy atom. The van der Waals surface area contributed by atoms with Gasteiger partial charge in [0.15, 0.2) is 5.82 Å². The number of nitrogens with one attached hydrogen (secondary N) is 3. The van der Waals surface area contributed by atoms with Gasteiger partial charge in [-0.2, -0.15) is 4.98 Å². The Hall–Kier alpha value is -3.20. The lowest BCUT2D eigenvalue weighted by molar-refractivity contribution is -0.119. The molecule has 0 aliphatic rings. The molecule has 10 heteroatoms. The SMILES string of the molecule is CNC(=O)CN=CC(=CN)Nc1ncc(Cl)c(NCc2cccc(F)c2)n1. The summed E-state index contributed by atoms with van der Waals surface area (Å²) in [6.07, 6.45) is 4.08. The van der Waals surface area contributed by atoms with Crippen LogP contribution in [0.3, 0.4) is 0 Å². The molecule has 1 amide bonds. The largest absolute Gasteiger partial charge is 0.403 e. The van der Waals surface area contributed by atoms with Crippen LogP contribution in [-0.4, -0.2) is 35.7 Å². The number of benzene rings is 1. The van der Waals surface area contributed by atoms with E-state index >= 15 is 0 Å². The Kier molecular flexibility index (Phi) is 7.50. The van der Waals surface area contributed by atoms with Gasteiger partial charge in [0.05, 0.1) is 11.9 Å². The van der Waals surface area contributed by atoms with Gasteiger partial charge in [0, 0.05) is 26.0 Å². The molecule has 1 aromatic carbocycles. The zero-order valence-electron chi connectivity index (χ0n) is 14.5. The molecule has 0 atom stereocenters. The number of nitrogens with zero attached hydrogens (tertiary/aromatic N) is 3. The molecule has 2 aromatic rings. The lowest BCUT2D eigenvalue weighted by Gasteiger charge is -2.10. The van der Waals surface area contributed by atoms with Gasteiger partial charge in [-0.15, -0.1) is 0 Å². The number of nitrogens with two attached hydrogens (primary N) is 1. The zero-order valence-corrected chi connectivity index (χ0v) is 15.3. The van der Waals surface area contributed by atoms with E-state index in [-0.39, 0.29) is 24.2 Å². The Balaban J connectivity index is 2.03. The Morgan fingerprint density at radius 1 is 1.44 bits per heavy atom. The molecular formula is C17H19ClFN7O. The molecular weight excluding hydrogens is 373 g/mol. The molecule has 1 aromatic heterocycles. The highest BCUT2D eigenvalue weighted by Gasteiger charge is 2.07. The molecule has 1 heterocycles. The van der Waals surface area contributed by atoms with Gasteiger partial charge in [-0.1, -0.05) is 23.7 Å². The van der Waals surface area contributed by atoms with Crippen molar-refractivity contribution in [2.24, 2.45) is 10.7 Å². The molecule has 0 unspecified atom stereocenters. The third kappa shape index (κ3) is 6.55. The standard InChI is InChI=1S/C17H19ClFN7O/c1-21-15(27)10-22-8-13(6-20)25-17-24-9-14(18)16(26-17)23-7-11-3-2-4-12(19)5-11/h2-6,8-9H,7,10,20H2,1H3,(H,21,27)(H2,23,24,25,26). The van der Waals surface area contributed by atoms with Crippen molar-refractivity contribution in [1.29, 1.82) is 0 Å². The quantitative estimate of drug-likeness (QED) is 0.511. The highest BCUT2D eigenvalue weighted by Crippen LogP contribution is 2.20. The van der Waals surface area contributed by atoms with Crippen molar-refractivity contribution >= 4 is 35.5 Å². The summed E-state index contributed by atoms with van der Waals surface area (Å²) in [5.74, 6) is 0.0507. The maximum absolute atomic E-state index is 13.2. The topological polar surface area (TPSA) is 117 Å². The first-order valence-corrected chi connectivity index (χ1v) is 8.29. The van der Waals surface area contributed by atoms with Crippen molar-refractivity contribution in [2.75, 3.05) is 24.2 Å². The zero-order chi connectivity index (χ0) is 19.6. The summed E-state index contributed by atoms with van der Waals surface area (Å²) in [4.78, 5) is 23.4. The first kappa shape index (κ1) is 20.1. The number of allylic oxidation sites excluding steroid dienone is 1. The van der Waals surface area contributed by atoms with E-state index in [1.54, 1.807) is 12.1 Å². The van der Waals surface area contributed by atoms with Crippen LogP contribution in [0.4, 0.5) is 16.2 Å². The van der Waals surface area contributed by atoms with Crippen LogP contribution in [0.1, 0.15) is 5.56 Å². The lowest BCUT2D eigenvalue weighted by atomic mass is 10.2. The van der Waals surface area contributed by atoms with Crippen molar-refractivity contribution in [1.82, 2.24) is 15.3 Å². The first-order chi connectivity index (χ1) is 13.0. The van der Waals surface area contributed by atoms with Crippen molar-refractivity contribution in [3.05, 3.63) is 58.8 Å². The van der Waals surface area contributed by atoms with Crippen LogP contribution in [0.5, 0.6) is 0 Å². The highest BCUT2D eigenvalue weighted by atomic mass is 35.5. The van der Waals surface area contributed by atoms with Crippen molar-refractivity contribution in [3.63, 3.8) is 0 Å². The van der Waals surface area contributed by atoms with Crippen LogP contribution in [-0.2, 0) is 11.3 Å². The monoisotopic (exact) mass is 391 g/mol. The van der Waals surface area contributed by atoms with Crippen LogP contribution >= 0.6 is 11.6 Å². The number of likely N-dealkylation sites (N-methyl/N-ethyl adjacent to an activating group) is 1. The molecule has 0 aliphatic carbocycles. The number of carbonyl (C=O) groups is 1. The van der Waals surface area contributed by atoms with Crippen LogP contribution in [0.2, 0.25) is 5.02 Å². The van der Waals surface area contributed by atoms with E-state index in [0.717, 1.165) is 5.56 Å². The highest BCUT2D eigenvalue weighted by molar-refractivity contribution is 6.32. The Bertz CT molecular complexity index is 857. The van der Waals surface area contributed by atoms with E-state index in [9.17, 15) is 9.18 Å². The number of carbonyl (C=O) groups excluding carboxylic acids is 1. The maximum Gasteiger partial charge on any atom is 0.241 e. The van der Waals surface area contributed by atoms with Gasteiger partial charge in [0.2, 0.25) is 11.9 Å². The summed E-state index contributed by atoms with van der Waals surface area (Å²) in [7, 11) is 1.52. The molecule has 2 rings (SSSR count). The number of halogens is 2. The fourth-order valence-electron chi connectivity index (χ4n) is 1.94. The average molecular weight is 392 g/mol. The summed E-state index contributed by atoms with van der Waals surface area (Å²) >= 11 is 6.10. The van der Waals surface area contributed by atoms with E-state index in [0.29, 0.717) is 23.1 Å². The molecule has 27 heavy (non-hydrogen) atoms. The predicted molar refractivity (Wildman–Crippen MR) is 104 cm³/mol. The molecule has 142 valence electrons. The second kappa shape index (κ2) is 10.1. The third-order valence-electron chi connectivity index (χ3n) is 3.27. The van der Waals surface area contributed by atoms with Gasteiger partial charge in [-0.3, -0.25) is 9.79 Å². The van der Waals surface area contributed by atoms with E-state index in [2.05, 4.69) is 30.9 Å². The Morgan fingerprint density at radius 2 is 2.26 bits per heavy atom. The van der Waals surface area contributed by atoms with Gasteiger partial charge in [0.1, 0.15) is 17.4 Å². The lowest BCUT2D eigenvalue weighted by Crippen LogP contribution is -2.20. The normalized spacial score (nSPS) is 11.4. The summed E-state index contributed by atoms with van der Waals surface area (Å²) < 4.78 is 13.2. The van der Waals surface area contributed by atoms with E-state index in [1.807, 2.05) is 0 Å². The second-order valence-corrected chi connectivity index (χ2v) is 5.67. The van der Waals surface area contributed by atoms with Crippen LogP contribution in [0.25, 0.3) is 0 Å². The Labute approximate surface area is 160 Å². The van der Waals surface area contributed by atoms with E-state index in [1.165, 1.54) is 37.8 Å². The summed E-state index contributed by atoms with van der Waals surface area (Å²) in [5.41, 5.74) is 6.68. The first-order valence-electron chi connectivity index (χ1n) is 7.92. The average Bonchev–Trinajstić information content (AvgIpc) is 2.67. The molecule has 0 bridgehead atoms. The van der Waals surface area contributed by atoms with Gasteiger partial charge < -0.3 is 21.7 Å². The number of hydrogen-bond donors (Lipinski definition) is 4. The van der Waals surface area contributed by atoms with E-state index in [4.69, 9.17) is 17.3 Å². The van der Waals surface area contributed by atoms with Crippen molar-refractivity contribution in [2.45, 2.75) is 6.54 Å². The molecule has 5 N–H and O–H groups in total. The molecule has 0 saturated carbocycles. The molecule has 0 radical (unpaired) electrons. The number of aliphatic imine (C=N–C) groups is 1. The van der Waals surface area contributed by atoms with Gasteiger partial charge in [0.25, 0.3) is 0 Å². The van der Waals surface area contributed by atoms with Crippen LogP contribution in [0.15, 0.2) is 47.4 Å². The second-order valence-electron chi connectivity index (χ2n) is 5.26. The van der Waals surface area contributed by atoms with Crippen molar-refractivity contribution < 1.29 is 9.18 Å². The third-order valence-corrected chi connectivity index (χ3v) is 3.55. The predicted octanol–water partition coefficient (Wildman–Crippen LogP) is 1.91. The van der Waals surface area contributed by atoms with Crippen LogP contribution in [0, 0.1) is 5.82 Å². The molecule has 8 nitrogen and oxygen atoms in total. The molecule has 0 aliphatic heterocycles. The minimum Gasteiger partial charge on any atom is -0.403 e. The number of anilines is 2. The van der Waals surface area contributed by atoms with Gasteiger partial charge >= 0.3 is 0 Å². The summed E-state index contributed by atoms with van der Waals surface area (Å²) in [5, 5.41) is 8.66. The number of amides is 1. The van der Waals surface area contributed by atoms with Crippen molar-refractivity contribution in [3.8, 4) is 0 Å². The van der Waals surface area contributed by atoms with Gasteiger partial charge in [-0.05, 0) is 17.7 Å².